The summed E-state index contributed by atoms with van der Waals surface area (Å²) in [5.41, 5.74) is 2.64. The number of thioether (sulfide) groups is 1. The predicted molar refractivity (Wildman–Crippen MR) is 103 cm³/mol. The smallest absolute Gasteiger partial charge is 0.239 e. The fourth-order valence-electron chi connectivity index (χ4n) is 2.02. The van der Waals surface area contributed by atoms with E-state index >= 15 is 0 Å². The number of carbonyl (C=O) groups is 1. The zero-order valence-electron chi connectivity index (χ0n) is 13.6. The number of aromatic nitrogens is 3. The lowest BCUT2D eigenvalue weighted by Crippen LogP contribution is -2.22. The maximum absolute atomic E-state index is 12.4. The van der Waals surface area contributed by atoms with Crippen molar-refractivity contribution < 1.29 is 4.79 Å². The van der Waals surface area contributed by atoms with Gasteiger partial charge in [0.15, 0.2) is 5.13 Å². The average Bonchev–Trinajstić information content (AvgIpc) is 3.04. The number of aryl methyl sites for hydroxylation is 1. The Balaban J connectivity index is 1.64. The molecule has 0 saturated carbocycles. The number of benzene rings is 1. The molecule has 0 spiro atoms. The summed E-state index contributed by atoms with van der Waals surface area (Å²) in [5, 5.41) is 6.49. The second-order valence-electron chi connectivity index (χ2n) is 5.29. The molecule has 1 N–H and O–H groups in total. The largest absolute Gasteiger partial charge is 0.301 e. The third-order valence-corrected chi connectivity index (χ3v) is 5.36. The van der Waals surface area contributed by atoms with Gasteiger partial charge in [-0.1, -0.05) is 35.5 Å². The monoisotopic (exact) mass is 390 g/mol. The minimum absolute atomic E-state index is 0.113. The maximum Gasteiger partial charge on any atom is 0.239 e. The first-order chi connectivity index (χ1) is 12.0. The third-order valence-electron chi connectivity index (χ3n) is 3.32. The molecule has 5 nitrogen and oxygen atoms in total. The van der Waals surface area contributed by atoms with Crippen molar-refractivity contribution in [3.8, 4) is 11.3 Å². The van der Waals surface area contributed by atoms with Crippen LogP contribution in [0.4, 0.5) is 5.13 Å². The highest BCUT2D eigenvalue weighted by molar-refractivity contribution is 8.00. The van der Waals surface area contributed by atoms with Gasteiger partial charge < -0.3 is 5.32 Å². The van der Waals surface area contributed by atoms with Gasteiger partial charge in [-0.15, -0.1) is 11.3 Å². The van der Waals surface area contributed by atoms with Gasteiger partial charge in [0.2, 0.25) is 5.91 Å². The lowest BCUT2D eigenvalue weighted by molar-refractivity contribution is -0.115. The van der Waals surface area contributed by atoms with E-state index in [0.717, 1.165) is 22.0 Å². The molecule has 3 aromatic rings. The first-order valence-electron chi connectivity index (χ1n) is 7.49. The van der Waals surface area contributed by atoms with Crippen LogP contribution in [0.15, 0.2) is 47.1 Å². The van der Waals surface area contributed by atoms with Gasteiger partial charge in [-0.05, 0) is 32.0 Å². The predicted octanol–water partition coefficient (Wildman–Crippen LogP) is 4.68. The van der Waals surface area contributed by atoms with E-state index in [-0.39, 0.29) is 11.2 Å². The van der Waals surface area contributed by atoms with Crippen LogP contribution in [-0.4, -0.2) is 26.1 Å². The van der Waals surface area contributed by atoms with Crippen LogP contribution in [0, 0.1) is 6.92 Å². The number of hydrogen-bond donors (Lipinski definition) is 1. The quantitative estimate of drug-likeness (QED) is 0.506. The molecule has 0 fully saturated rings. The molecule has 1 atom stereocenters. The van der Waals surface area contributed by atoms with Crippen LogP contribution in [-0.2, 0) is 4.79 Å². The van der Waals surface area contributed by atoms with Gasteiger partial charge >= 0.3 is 0 Å². The molecule has 2 aromatic heterocycles. The van der Waals surface area contributed by atoms with E-state index < -0.39 is 0 Å². The molecule has 0 aliphatic carbocycles. The number of anilines is 1. The molecule has 3 rings (SSSR count). The first-order valence-corrected chi connectivity index (χ1v) is 9.62. The van der Waals surface area contributed by atoms with Crippen LogP contribution in [0.5, 0.6) is 0 Å². The molecule has 0 aliphatic heterocycles. The molecule has 1 aromatic carbocycles. The topological polar surface area (TPSA) is 67.8 Å². The molecule has 0 radical (unpaired) electrons. The van der Waals surface area contributed by atoms with Crippen LogP contribution >= 0.6 is 34.7 Å². The lowest BCUT2D eigenvalue weighted by atomic mass is 10.2. The second-order valence-corrected chi connectivity index (χ2v) is 7.95. The number of nitrogens with zero attached hydrogens (tertiary/aromatic N) is 3. The van der Waals surface area contributed by atoms with Gasteiger partial charge in [-0.3, -0.25) is 4.79 Å². The van der Waals surface area contributed by atoms with Crippen LogP contribution in [0.3, 0.4) is 0 Å². The van der Waals surface area contributed by atoms with E-state index in [1.165, 1.54) is 29.4 Å². The molecule has 2 heterocycles. The maximum atomic E-state index is 12.4. The molecule has 0 bridgehead atoms. The van der Waals surface area contributed by atoms with Gasteiger partial charge in [0.25, 0.3) is 0 Å². The standard InChI is InChI=1S/C17H15ClN4OS2/c1-10-7-15(20-9-19-10)25-11(2)16(23)22-17-21-14(8-24-17)12-3-5-13(18)6-4-12/h3-9,11H,1-2H3,(H,21,22,23). The fourth-order valence-corrected chi connectivity index (χ4v) is 3.74. The summed E-state index contributed by atoms with van der Waals surface area (Å²) in [4.78, 5) is 25.1. The van der Waals surface area contributed by atoms with Crippen molar-refractivity contribution in [2.24, 2.45) is 0 Å². The summed E-state index contributed by atoms with van der Waals surface area (Å²) in [7, 11) is 0. The summed E-state index contributed by atoms with van der Waals surface area (Å²) in [6.07, 6.45) is 1.50. The number of rotatable bonds is 5. The summed E-state index contributed by atoms with van der Waals surface area (Å²) in [6, 6.07) is 9.29. The zero-order valence-corrected chi connectivity index (χ0v) is 16.0. The number of halogens is 1. The number of carbonyl (C=O) groups excluding carboxylic acids is 1. The summed E-state index contributed by atoms with van der Waals surface area (Å²) < 4.78 is 0. The van der Waals surface area contributed by atoms with Crippen molar-refractivity contribution in [2.45, 2.75) is 24.1 Å². The first kappa shape index (κ1) is 17.8. The summed E-state index contributed by atoms with van der Waals surface area (Å²) in [5.74, 6) is -0.113. The van der Waals surface area contributed by atoms with E-state index in [0.29, 0.717) is 10.2 Å². The Hall–Kier alpha value is -1.96. The third kappa shape index (κ3) is 4.78. The molecule has 1 unspecified atom stereocenters. The van der Waals surface area contributed by atoms with Crippen LogP contribution < -0.4 is 5.32 Å². The van der Waals surface area contributed by atoms with E-state index in [4.69, 9.17) is 11.6 Å². The minimum Gasteiger partial charge on any atom is -0.301 e. The normalized spacial score (nSPS) is 12.0. The van der Waals surface area contributed by atoms with Crippen molar-refractivity contribution in [1.29, 1.82) is 0 Å². The van der Waals surface area contributed by atoms with Crippen LogP contribution in [0.25, 0.3) is 11.3 Å². The lowest BCUT2D eigenvalue weighted by Gasteiger charge is -2.09. The Bertz CT molecular complexity index is 882. The van der Waals surface area contributed by atoms with Gasteiger partial charge in [0, 0.05) is 21.7 Å². The van der Waals surface area contributed by atoms with E-state index in [1.54, 1.807) is 0 Å². The Kier molecular flexibility index (Phi) is 5.67. The average molecular weight is 391 g/mol. The summed E-state index contributed by atoms with van der Waals surface area (Å²) in [6.45, 7) is 3.73. The van der Waals surface area contributed by atoms with Crippen LogP contribution in [0.1, 0.15) is 12.6 Å². The van der Waals surface area contributed by atoms with Crippen molar-refractivity contribution in [2.75, 3.05) is 5.32 Å². The second kappa shape index (κ2) is 7.95. The molecular formula is C17H15ClN4OS2. The number of nitrogens with one attached hydrogen (secondary N) is 1. The SMILES string of the molecule is Cc1cc(SC(C)C(=O)Nc2nc(-c3ccc(Cl)cc3)cs2)ncn1. The van der Waals surface area contributed by atoms with Gasteiger partial charge in [0.1, 0.15) is 11.4 Å². The summed E-state index contributed by atoms with van der Waals surface area (Å²) >= 11 is 8.68. The van der Waals surface area contributed by atoms with E-state index in [1.807, 2.05) is 49.6 Å². The highest BCUT2D eigenvalue weighted by atomic mass is 35.5. The zero-order chi connectivity index (χ0) is 17.8. The number of thiazole rings is 1. The minimum atomic E-state index is -0.294. The fraction of sp³-hybridized carbons (Fsp3) is 0.176. The van der Waals surface area contributed by atoms with Crippen LogP contribution in [0.2, 0.25) is 5.02 Å². The Morgan fingerprint density at radius 3 is 2.76 bits per heavy atom. The Morgan fingerprint density at radius 1 is 1.28 bits per heavy atom. The van der Waals surface area contributed by atoms with Crippen molar-refractivity contribution in [3.05, 3.63) is 52.8 Å². The molecule has 0 saturated heterocycles. The Labute approximate surface area is 158 Å². The number of hydrogen-bond acceptors (Lipinski definition) is 6. The van der Waals surface area contributed by atoms with E-state index in [9.17, 15) is 4.79 Å². The highest BCUT2D eigenvalue weighted by Gasteiger charge is 2.17. The van der Waals surface area contributed by atoms with Crippen molar-refractivity contribution in [3.63, 3.8) is 0 Å². The molecular weight excluding hydrogens is 376 g/mol. The molecule has 25 heavy (non-hydrogen) atoms. The molecule has 1 amide bonds. The van der Waals surface area contributed by atoms with Gasteiger partial charge in [-0.2, -0.15) is 0 Å². The van der Waals surface area contributed by atoms with Crippen molar-refractivity contribution >= 4 is 45.7 Å². The van der Waals surface area contributed by atoms with Gasteiger partial charge in [0.05, 0.1) is 10.9 Å². The highest BCUT2D eigenvalue weighted by Crippen LogP contribution is 2.27. The van der Waals surface area contributed by atoms with E-state index in [2.05, 4.69) is 20.3 Å². The molecule has 0 aliphatic rings. The van der Waals surface area contributed by atoms with Crippen molar-refractivity contribution in [1.82, 2.24) is 15.0 Å². The molecule has 8 heteroatoms. The van der Waals surface area contributed by atoms with Gasteiger partial charge in [-0.25, -0.2) is 15.0 Å². The molecule has 128 valence electrons. The Morgan fingerprint density at radius 2 is 2.04 bits per heavy atom. The number of amides is 1.